The number of rotatable bonds is 3. The number of benzene rings is 1. The molecule has 3 N–H and O–H groups in total. The number of halogens is 2. The highest BCUT2D eigenvalue weighted by atomic mass is 79.9. The molecule has 5 nitrogen and oxygen atoms in total. The van der Waals surface area contributed by atoms with E-state index < -0.39 is 29.4 Å². The first kappa shape index (κ1) is 12.7. The van der Waals surface area contributed by atoms with Gasteiger partial charge in [-0.3, -0.25) is 0 Å². The second kappa shape index (κ2) is 4.67. The van der Waals surface area contributed by atoms with Crippen LogP contribution >= 0.6 is 15.9 Å². The average molecular weight is 295 g/mol. The number of carboxylic acid groups (broad SMARTS) is 1. The minimum Gasteiger partial charge on any atom is -0.504 e. The van der Waals surface area contributed by atoms with Crippen molar-refractivity contribution in [1.82, 2.24) is 0 Å². The van der Waals surface area contributed by atoms with Gasteiger partial charge in [-0.1, -0.05) is 0 Å². The summed E-state index contributed by atoms with van der Waals surface area (Å²) >= 11 is 2.83. The Morgan fingerprint density at radius 2 is 2.19 bits per heavy atom. The van der Waals surface area contributed by atoms with Gasteiger partial charge in [0.1, 0.15) is 0 Å². The van der Waals surface area contributed by atoms with Gasteiger partial charge in [-0.25, -0.2) is 4.79 Å². The lowest BCUT2D eigenvalue weighted by atomic mass is 10.1. The molecule has 1 rings (SSSR count). The van der Waals surface area contributed by atoms with Gasteiger partial charge in [-0.2, -0.15) is 4.39 Å². The van der Waals surface area contributed by atoms with E-state index in [-0.39, 0.29) is 10.0 Å². The average Bonchev–Trinajstić information content (AvgIpc) is 2.24. The maximum absolute atomic E-state index is 13.4. The van der Waals surface area contributed by atoms with Crippen LogP contribution in [-0.2, 0) is 4.79 Å². The second-order valence-electron chi connectivity index (χ2n) is 2.88. The van der Waals surface area contributed by atoms with E-state index in [1.807, 2.05) is 0 Å². The third-order valence-electron chi connectivity index (χ3n) is 1.91. The molecule has 0 fully saturated rings. The van der Waals surface area contributed by atoms with E-state index in [1.165, 1.54) is 0 Å². The number of carbonyl (C=O) groups is 1. The van der Waals surface area contributed by atoms with Crippen molar-refractivity contribution >= 4 is 21.9 Å². The Balaban J connectivity index is 3.44. The molecule has 0 heterocycles. The molecule has 1 aromatic rings. The Hall–Kier alpha value is -1.34. The van der Waals surface area contributed by atoms with Crippen LogP contribution in [0.25, 0.3) is 0 Å². The molecule has 0 aromatic heterocycles. The topological polar surface area (TPSA) is 87.0 Å². The first-order chi connectivity index (χ1) is 7.40. The first-order valence-electron chi connectivity index (χ1n) is 4.05. The summed E-state index contributed by atoms with van der Waals surface area (Å²) in [5.74, 6) is -3.89. The minimum atomic E-state index is -1.93. The summed E-state index contributed by atoms with van der Waals surface area (Å²) < 4.78 is 18.0. The molecule has 16 heavy (non-hydrogen) atoms. The zero-order valence-corrected chi connectivity index (χ0v) is 9.65. The van der Waals surface area contributed by atoms with Gasteiger partial charge in [-0.15, -0.1) is 0 Å². The van der Waals surface area contributed by atoms with Gasteiger partial charge in [-0.05, 0) is 22.0 Å². The number of hydrogen-bond donors (Lipinski definition) is 3. The molecule has 88 valence electrons. The Labute approximate surface area is 98.2 Å². The fourth-order valence-electron chi connectivity index (χ4n) is 1.15. The van der Waals surface area contributed by atoms with Crippen molar-refractivity contribution < 1.29 is 29.2 Å². The van der Waals surface area contributed by atoms with Crippen molar-refractivity contribution in [2.75, 3.05) is 7.11 Å². The molecule has 1 unspecified atom stereocenters. The maximum Gasteiger partial charge on any atom is 0.337 e. The van der Waals surface area contributed by atoms with E-state index in [0.717, 1.165) is 13.2 Å². The summed E-state index contributed by atoms with van der Waals surface area (Å²) in [6.07, 6.45) is -1.93. The van der Waals surface area contributed by atoms with Crippen LogP contribution in [0.5, 0.6) is 11.5 Å². The van der Waals surface area contributed by atoms with Crippen molar-refractivity contribution in [3.05, 3.63) is 21.9 Å². The molecule has 1 atom stereocenters. The Kier molecular flexibility index (Phi) is 3.71. The number of aliphatic hydroxyl groups excluding tert-OH is 1. The molecule has 0 aliphatic rings. The summed E-state index contributed by atoms with van der Waals surface area (Å²) in [5, 5.41) is 27.1. The Morgan fingerprint density at radius 1 is 1.62 bits per heavy atom. The van der Waals surface area contributed by atoms with Crippen LogP contribution in [0.15, 0.2) is 10.5 Å². The van der Waals surface area contributed by atoms with Crippen molar-refractivity contribution in [3.8, 4) is 11.5 Å². The predicted octanol–water partition coefficient (Wildman–Crippen LogP) is 1.42. The van der Waals surface area contributed by atoms with E-state index in [0.29, 0.717) is 0 Å². The zero-order chi connectivity index (χ0) is 12.5. The highest BCUT2D eigenvalue weighted by Crippen LogP contribution is 2.38. The molecule has 0 saturated carbocycles. The predicted molar refractivity (Wildman–Crippen MR) is 54.9 cm³/mol. The standard InChI is InChI=1S/C9H8BrFO5/c1-16-8-3(6(12)9(14)15)2-4(10)7(13)5(8)11/h2,6,12-13H,1H3,(H,14,15). The quantitative estimate of drug-likeness (QED) is 0.785. The normalized spacial score (nSPS) is 12.2. The van der Waals surface area contributed by atoms with Crippen molar-refractivity contribution in [3.63, 3.8) is 0 Å². The molecule has 0 amide bonds. The van der Waals surface area contributed by atoms with E-state index in [4.69, 9.17) is 5.11 Å². The van der Waals surface area contributed by atoms with Gasteiger partial charge >= 0.3 is 5.97 Å². The third kappa shape index (κ3) is 2.10. The molecular formula is C9H8BrFO5. The number of carboxylic acids is 1. The molecule has 7 heteroatoms. The minimum absolute atomic E-state index is 0.0684. The lowest BCUT2D eigenvalue weighted by Gasteiger charge is -2.13. The van der Waals surface area contributed by atoms with E-state index in [2.05, 4.69) is 20.7 Å². The number of methoxy groups -OCH3 is 1. The molecule has 0 aliphatic heterocycles. The van der Waals surface area contributed by atoms with Crippen molar-refractivity contribution in [1.29, 1.82) is 0 Å². The highest BCUT2D eigenvalue weighted by molar-refractivity contribution is 9.10. The molecular weight excluding hydrogens is 287 g/mol. The number of ether oxygens (including phenoxy) is 1. The summed E-state index contributed by atoms with van der Waals surface area (Å²) in [4.78, 5) is 10.6. The van der Waals surface area contributed by atoms with Crippen LogP contribution in [0.1, 0.15) is 11.7 Å². The second-order valence-corrected chi connectivity index (χ2v) is 3.74. The lowest BCUT2D eigenvalue weighted by molar-refractivity contribution is -0.147. The third-order valence-corrected chi connectivity index (χ3v) is 2.52. The largest absolute Gasteiger partial charge is 0.504 e. The molecule has 0 spiro atoms. The molecule has 1 aromatic carbocycles. The van der Waals surface area contributed by atoms with E-state index >= 15 is 0 Å². The molecule has 0 aliphatic carbocycles. The Morgan fingerprint density at radius 3 is 2.62 bits per heavy atom. The van der Waals surface area contributed by atoms with E-state index in [1.54, 1.807) is 0 Å². The van der Waals surface area contributed by atoms with Gasteiger partial charge in [0.2, 0.25) is 5.82 Å². The van der Waals surface area contributed by atoms with Gasteiger partial charge in [0.25, 0.3) is 0 Å². The summed E-state index contributed by atoms with van der Waals surface area (Å²) in [5.41, 5.74) is -0.280. The summed E-state index contributed by atoms with van der Waals surface area (Å²) in [6.45, 7) is 0. The number of aliphatic carboxylic acids is 1. The van der Waals surface area contributed by atoms with Crippen LogP contribution < -0.4 is 4.74 Å². The zero-order valence-electron chi connectivity index (χ0n) is 8.07. The van der Waals surface area contributed by atoms with Crippen molar-refractivity contribution in [2.24, 2.45) is 0 Å². The number of aromatic hydroxyl groups is 1. The highest BCUT2D eigenvalue weighted by Gasteiger charge is 2.26. The van der Waals surface area contributed by atoms with Crippen LogP contribution in [0.2, 0.25) is 0 Å². The number of aliphatic hydroxyl groups is 1. The van der Waals surface area contributed by atoms with Crippen LogP contribution in [0, 0.1) is 5.82 Å². The fraction of sp³-hybridized carbons (Fsp3) is 0.222. The van der Waals surface area contributed by atoms with Crippen molar-refractivity contribution in [2.45, 2.75) is 6.10 Å². The summed E-state index contributed by atoms with van der Waals surface area (Å²) in [6, 6.07) is 1.08. The smallest absolute Gasteiger partial charge is 0.337 e. The van der Waals surface area contributed by atoms with Crippen LogP contribution in [0.3, 0.4) is 0 Å². The monoisotopic (exact) mass is 294 g/mol. The lowest BCUT2D eigenvalue weighted by Crippen LogP contribution is -2.12. The molecule has 0 radical (unpaired) electrons. The fourth-order valence-corrected chi connectivity index (χ4v) is 1.57. The summed E-state index contributed by atoms with van der Waals surface area (Å²) in [7, 11) is 1.10. The SMILES string of the molecule is COc1c(C(O)C(=O)O)cc(Br)c(O)c1F. The van der Waals surface area contributed by atoms with Crippen LogP contribution in [0.4, 0.5) is 4.39 Å². The van der Waals surface area contributed by atoms with E-state index in [9.17, 15) is 19.4 Å². The number of hydrogen-bond acceptors (Lipinski definition) is 4. The maximum atomic E-state index is 13.4. The molecule has 0 bridgehead atoms. The number of phenolic OH excluding ortho intramolecular Hbond substituents is 1. The van der Waals surface area contributed by atoms with Gasteiger partial charge in [0.15, 0.2) is 17.6 Å². The van der Waals surface area contributed by atoms with Crippen LogP contribution in [-0.4, -0.2) is 28.4 Å². The first-order valence-corrected chi connectivity index (χ1v) is 4.85. The van der Waals surface area contributed by atoms with Gasteiger partial charge < -0.3 is 20.1 Å². The van der Waals surface area contributed by atoms with Gasteiger partial charge in [0, 0.05) is 5.56 Å². The molecule has 0 saturated heterocycles. The van der Waals surface area contributed by atoms with Gasteiger partial charge in [0.05, 0.1) is 11.6 Å². The Bertz CT molecular complexity index is 434. The number of phenols is 1.